The minimum Gasteiger partial charge on any atom is -0.346 e. The SMILES string of the molecule is CC(=O)Nc1ccc(-c2cnc(C(=O)NC3CC4CCN(C4)C3)s2)cc1. The van der Waals surface area contributed by atoms with E-state index in [0.29, 0.717) is 5.01 Å². The van der Waals surface area contributed by atoms with Gasteiger partial charge in [-0.1, -0.05) is 12.1 Å². The van der Waals surface area contributed by atoms with Crippen molar-refractivity contribution in [2.75, 3.05) is 25.0 Å². The summed E-state index contributed by atoms with van der Waals surface area (Å²) in [6, 6.07) is 7.78. The fraction of sp³-hybridized carbons (Fsp3) is 0.421. The molecule has 1 aromatic carbocycles. The molecule has 2 aliphatic heterocycles. The van der Waals surface area contributed by atoms with Crippen molar-refractivity contribution in [2.24, 2.45) is 5.92 Å². The molecule has 136 valence electrons. The zero-order chi connectivity index (χ0) is 18.1. The number of hydrogen-bond donors (Lipinski definition) is 2. The molecule has 3 atom stereocenters. The van der Waals surface area contributed by atoms with E-state index in [0.717, 1.165) is 41.6 Å². The van der Waals surface area contributed by atoms with Gasteiger partial charge in [0.15, 0.2) is 5.01 Å². The van der Waals surface area contributed by atoms with E-state index in [4.69, 9.17) is 0 Å². The number of thiazole rings is 1. The maximum atomic E-state index is 12.5. The van der Waals surface area contributed by atoms with Crippen molar-refractivity contribution >= 4 is 28.8 Å². The monoisotopic (exact) mass is 370 g/mol. The smallest absolute Gasteiger partial charge is 0.280 e. The minimum absolute atomic E-state index is 0.0800. The summed E-state index contributed by atoms with van der Waals surface area (Å²) in [7, 11) is 0. The van der Waals surface area contributed by atoms with Crippen LogP contribution >= 0.6 is 11.3 Å². The molecule has 0 saturated carbocycles. The summed E-state index contributed by atoms with van der Waals surface area (Å²) in [5.74, 6) is 0.550. The van der Waals surface area contributed by atoms with Crippen LogP contribution in [-0.2, 0) is 4.79 Å². The van der Waals surface area contributed by atoms with E-state index in [-0.39, 0.29) is 17.9 Å². The molecule has 3 heterocycles. The predicted molar refractivity (Wildman–Crippen MR) is 102 cm³/mol. The highest BCUT2D eigenvalue weighted by Crippen LogP contribution is 2.29. The number of anilines is 1. The van der Waals surface area contributed by atoms with Gasteiger partial charge >= 0.3 is 0 Å². The van der Waals surface area contributed by atoms with Crippen molar-refractivity contribution in [1.82, 2.24) is 15.2 Å². The van der Waals surface area contributed by atoms with Crippen molar-refractivity contribution < 1.29 is 9.59 Å². The Kier molecular flexibility index (Phi) is 4.74. The van der Waals surface area contributed by atoms with E-state index in [1.165, 1.54) is 31.2 Å². The Morgan fingerprint density at radius 2 is 2.04 bits per heavy atom. The van der Waals surface area contributed by atoms with E-state index < -0.39 is 0 Å². The van der Waals surface area contributed by atoms with Crippen molar-refractivity contribution in [3.05, 3.63) is 35.5 Å². The maximum absolute atomic E-state index is 12.5. The molecule has 2 aliphatic rings. The van der Waals surface area contributed by atoms with E-state index in [2.05, 4.69) is 20.5 Å². The molecule has 2 bridgehead atoms. The first-order valence-corrected chi connectivity index (χ1v) is 9.75. The number of nitrogens with zero attached hydrogens (tertiary/aromatic N) is 2. The van der Waals surface area contributed by atoms with Crippen LogP contribution in [0.25, 0.3) is 10.4 Å². The summed E-state index contributed by atoms with van der Waals surface area (Å²) in [5.41, 5.74) is 1.74. The van der Waals surface area contributed by atoms with Crippen LogP contribution in [0.2, 0.25) is 0 Å². The lowest BCUT2D eigenvalue weighted by Gasteiger charge is -2.30. The van der Waals surface area contributed by atoms with Gasteiger partial charge < -0.3 is 15.5 Å². The molecule has 26 heavy (non-hydrogen) atoms. The zero-order valence-corrected chi connectivity index (χ0v) is 15.5. The number of rotatable bonds is 4. The molecule has 3 unspecified atom stereocenters. The van der Waals surface area contributed by atoms with Crippen molar-refractivity contribution in [3.63, 3.8) is 0 Å². The maximum Gasteiger partial charge on any atom is 0.280 e. The molecule has 2 fully saturated rings. The lowest BCUT2D eigenvalue weighted by atomic mass is 9.97. The van der Waals surface area contributed by atoms with E-state index in [1.54, 1.807) is 6.20 Å². The number of benzene rings is 1. The zero-order valence-electron chi connectivity index (χ0n) is 14.7. The second-order valence-corrected chi connectivity index (χ2v) is 8.14. The molecule has 1 aromatic heterocycles. The number of nitrogens with one attached hydrogen (secondary N) is 2. The first-order valence-electron chi connectivity index (χ1n) is 8.94. The van der Waals surface area contributed by atoms with Crippen LogP contribution in [0.15, 0.2) is 30.5 Å². The lowest BCUT2D eigenvalue weighted by molar-refractivity contribution is -0.114. The first-order chi connectivity index (χ1) is 12.6. The molecule has 2 N–H and O–H groups in total. The summed E-state index contributed by atoms with van der Waals surface area (Å²) < 4.78 is 0. The summed E-state index contributed by atoms with van der Waals surface area (Å²) >= 11 is 1.40. The Bertz CT molecular complexity index is 805. The average molecular weight is 370 g/mol. The van der Waals surface area contributed by atoms with Gasteiger partial charge in [0.1, 0.15) is 0 Å². The standard InChI is InChI=1S/C19H22N4O2S/c1-12(24)21-15-4-2-14(3-5-15)17-9-20-19(26-17)18(25)22-16-8-13-6-7-23(10-13)11-16/h2-5,9,13,16H,6-8,10-11H2,1H3,(H,21,24)(H,22,25). The number of piperidine rings is 1. The van der Waals surface area contributed by atoms with E-state index in [9.17, 15) is 9.59 Å². The fourth-order valence-electron chi connectivity index (χ4n) is 3.84. The summed E-state index contributed by atoms with van der Waals surface area (Å²) in [6.07, 6.45) is 4.06. The topological polar surface area (TPSA) is 74.3 Å². The third-order valence-electron chi connectivity index (χ3n) is 4.99. The second-order valence-electron chi connectivity index (χ2n) is 7.11. The van der Waals surface area contributed by atoms with Gasteiger partial charge in [0.2, 0.25) is 5.91 Å². The fourth-order valence-corrected chi connectivity index (χ4v) is 4.67. The van der Waals surface area contributed by atoms with E-state index >= 15 is 0 Å². The third-order valence-corrected chi connectivity index (χ3v) is 6.04. The molecular weight excluding hydrogens is 348 g/mol. The van der Waals surface area contributed by atoms with Crippen LogP contribution in [-0.4, -0.2) is 47.4 Å². The number of hydrogen-bond acceptors (Lipinski definition) is 5. The molecule has 0 spiro atoms. The molecule has 2 aromatic rings. The Morgan fingerprint density at radius 1 is 1.23 bits per heavy atom. The number of carbonyl (C=O) groups is 2. The van der Waals surface area contributed by atoms with Crippen LogP contribution < -0.4 is 10.6 Å². The van der Waals surface area contributed by atoms with Crippen LogP contribution in [0.4, 0.5) is 5.69 Å². The molecule has 2 amide bonds. The van der Waals surface area contributed by atoms with Crippen LogP contribution in [0, 0.1) is 5.92 Å². The Labute approximate surface area is 156 Å². The van der Waals surface area contributed by atoms with Gasteiger partial charge in [0.05, 0.1) is 4.88 Å². The number of carbonyl (C=O) groups excluding carboxylic acids is 2. The third kappa shape index (κ3) is 3.78. The second kappa shape index (κ2) is 7.17. The Balaban J connectivity index is 1.40. The quantitative estimate of drug-likeness (QED) is 0.868. The first kappa shape index (κ1) is 17.2. The van der Waals surface area contributed by atoms with Gasteiger partial charge in [-0.05, 0) is 43.0 Å². The largest absolute Gasteiger partial charge is 0.346 e. The van der Waals surface area contributed by atoms with Gasteiger partial charge in [-0.2, -0.15) is 0 Å². The van der Waals surface area contributed by atoms with Crippen molar-refractivity contribution in [3.8, 4) is 10.4 Å². The molecule has 0 radical (unpaired) electrons. The molecule has 0 aliphatic carbocycles. The van der Waals surface area contributed by atoms with Gasteiger partial charge in [-0.3, -0.25) is 9.59 Å². The van der Waals surface area contributed by atoms with Crippen LogP contribution in [0.3, 0.4) is 0 Å². The number of amides is 2. The van der Waals surface area contributed by atoms with Crippen LogP contribution in [0.1, 0.15) is 29.6 Å². The van der Waals surface area contributed by atoms with Gasteiger partial charge in [-0.25, -0.2) is 4.98 Å². The molecule has 4 rings (SSSR count). The van der Waals surface area contributed by atoms with Gasteiger partial charge in [-0.15, -0.1) is 11.3 Å². The van der Waals surface area contributed by atoms with Gasteiger partial charge in [0, 0.05) is 37.9 Å². The minimum atomic E-state index is -0.0954. The average Bonchev–Trinajstić information content (AvgIpc) is 3.22. The van der Waals surface area contributed by atoms with Gasteiger partial charge in [0.25, 0.3) is 5.91 Å². The number of aromatic nitrogens is 1. The summed E-state index contributed by atoms with van der Waals surface area (Å²) in [4.78, 5) is 31.3. The number of fused-ring (bicyclic) bond motifs is 2. The predicted octanol–water partition coefficient (Wildman–Crippen LogP) is 2.59. The highest BCUT2D eigenvalue weighted by atomic mass is 32.1. The molecule has 2 saturated heterocycles. The summed E-state index contributed by atoms with van der Waals surface area (Å²) in [6.45, 7) is 4.77. The Hall–Kier alpha value is -2.25. The molecule has 6 nitrogen and oxygen atoms in total. The molecule has 7 heteroatoms. The molecular formula is C19H22N4O2S. The van der Waals surface area contributed by atoms with E-state index in [1.807, 2.05) is 24.3 Å². The lowest BCUT2D eigenvalue weighted by Crippen LogP contribution is -2.46. The highest BCUT2D eigenvalue weighted by Gasteiger charge is 2.33. The van der Waals surface area contributed by atoms with Crippen molar-refractivity contribution in [1.29, 1.82) is 0 Å². The summed E-state index contributed by atoms with van der Waals surface area (Å²) in [5, 5.41) is 6.40. The van der Waals surface area contributed by atoms with Crippen molar-refractivity contribution in [2.45, 2.75) is 25.8 Å². The van der Waals surface area contributed by atoms with Crippen LogP contribution in [0.5, 0.6) is 0 Å². The Morgan fingerprint density at radius 3 is 2.77 bits per heavy atom. The highest BCUT2D eigenvalue weighted by molar-refractivity contribution is 7.16. The normalized spacial score (nSPS) is 24.3.